The molecule has 0 saturated carbocycles. The number of carboxylic acid groups (broad SMARTS) is 1. The Kier molecular flexibility index (Phi) is 23.8. The first kappa shape index (κ1) is 8.88. The molecule has 0 saturated heterocycles. The van der Waals surface area contributed by atoms with Crippen LogP contribution in [0.1, 0.15) is 0 Å². The number of hydrogen-bond donors (Lipinski definition) is 1. The van der Waals surface area contributed by atoms with Crippen molar-refractivity contribution in [3.05, 3.63) is 0 Å². The molecule has 3 heteroatoms. The summed E-state index contributed by atoms with van der Waals surface area (Å²) < 4.78 is 0. The van der Waals surface area contributed by atoms with Gasteiger partial charge in [-0.1, -0.05) is 0 Å². The fraction of sp³-hybridized carbons (Fsp3) is 0. The van der Waals surface area contributed by atoms with Crippen molar-refractivity contribution in [3.63, 3.8) is 0 Å². The summed E-state index contributed by atoms with van der Waals surface area (Å²) in [5, 5.41) is 6.89. The molecule has 0 rings (SSSR count). The number of rotatable bonds is 0. The smallest absolute Gasteiger partial charge is 0.290 e. The van der Waals surface area contributed by atoms with Gasteiger partial charge in [0.2, 0.25) is 0 Å². The maximum Gasteiger partial charge on any atom is 0.290 e. The van der Waals surface area contributed by atoms with Gasteiger partial charge in [0.15, 0.2) is 0 Å². The Labute approximate surface area is 39.3 Å². The standard InChI is InChI=1S/CH2O2.Au/c2-1-3;/h1H,(H,2,3);. The van der Waals surface area contributed by atoms with Crippen molar-refractivity contribution in [2.24, 2.45) is 0 Å². The van der Waals surface area contributed by atoms with Crippen LogP contribution in [0, 0.1) is 0 Å². The van der Waals surface area contributed by atoms with Crippen LogP contribution in [-0.4, -0.2) is 11.6 Å². The van der Waals surface area contributed by atoms with Crippen LogP contribution in [0.2, 0.25) is 0 Å². The van der Waals surface area contributed by atoms with Crippen molar-refractivity contribution < 1.29 is 32.3 Å². The predicted octanol–water partition coefficient (Wildman–Crippen LogP) is -0.302. The van der Waals surface area contributed by atoms with Crippen LogP contribution in [0.5, 0.6) is 0 Å². The minimum absolute atomic E-state index is 0. The second-order valence-electron chi connectivity index (χ2n) is 0.105. The molecule has 0 bridgehead atoms. The van der Waals surface area contributed by atoms with Gasteiger partial charge >= 0.3 is 0 Å². The SMILES string of the molecule is O=CO.[Au]. The molecule has 0 unspecified atom stereocenters. The maximum absolute atomic E-state index is 8.36. The van der Waals surface area contributed by atoms with Crippen molar-refractivity contribution in [2.45, 2.75) is 0 Å². The topological polar surface area (TPSA) is 37.3 Å². The normalized spacial score (nSPS) is 3.00. The van der Waals surface area contributed by atoms with Crippen molar-refractivity contribution >= 4 is 6.47 Å². The Hall–Kier alpha value is 0.210. The van der Waals surface area contributed by atoms with Crippen LogP contribution in [0.15, 0.2) is 0 Å². The largest absolute Gasteiger partial charge is 0.483 e. The van der Waals surface area contributed by atoms with Gasteiger partial charge < -0.3 is 5.11 Å². The zero-order valence-electron chi connectivity index (χ0n) is 1.73. The summed E-state index contributed by atoms with van der Waals surface area (Å²) in [4.78, 5) is 8.36. The zero-order valence-corrected chi connectivity index (χ0v) is 3.90. The van der Waals surface area contributed by atoms with Crippen LogP contribution in [0.3, 0.4) is 0 Å². The van der Waals surface area contributed by atoms with Crippen LogP contribution in [0.25, 0.3) is 0 Å². The number of carbonyl (C=O) groups is 1. The summed E-state index contributed by atoms with van der Waals surface area (Å²) >= 11 is 0. The van der Waals surface area contributed by atoms with E-state index in [1.165, 1.54) is 0 Å². The Morgan fingerprint density at radius 2 is 1.75 bits per heavy atom. The monoisotopic (exact) mass is 243 g/mol. The first-order chi connectivity index (χ1) is 1.41. The van der Waals surface area contributed by atoms with Gasteiger partial charge in [0.1, 0.15) is 0 Å². The van der Waals surface area contributed by atoms with Crippen LogP contribution in [-0.2, 0) is 27.2 Å². The molecule has 1 radical (unpaired) electrons. The molecule has 2 nitrogen and oxygen atoms in total. The van der Waals surface area contributed by atoms with Crippen LogP contribution < -0.4 is 0 Å². The van der Waals surface area contributed by atoms with Gasteiger partial charge in [0.25, 0.3) is 6.47 Å². The molecule has 0 amide bonds. The Bertz CT molecular complexity index is 13.5. The van der Waals surface area contributed by atoms with Crippen LogP contribution >= 0.6 is 0 Å². The van der Waals surface area contributed by atoms with E-state index in [1.807, 2.05) is 0 Å². The second-order valence-corrected chi connectivity index (χ2v) is 0.105. The summed E-state index contributed by atoms with van der Waals surface area (Å²) in [6, 6.07) is 0. The first-order valence-electron chi connectivity index (χ1n) is 0.494. The van der Waals surface area contributed by atoms with E-state index < -0.39 is 0 Å². The van der Waals surface area contributed by atoms with Crippen molar-refractivity contribution in [2.75, 3.05) is 0 Å². The Balaban J connectivity index is 0. The second kappa shape index (κ2) is 10.7. The third-order valence-electron chi connectivity index (χ3n) is 0. The fourth-order valence-electron chi connectivity index (χ4n) is 0. The predicted molar refractivity (Wildman–Crippen MR) is 8.69 cm³/mol. The molecule has 0 aromatic rings. The van der Waals surface area contributed by atoms with E-state index in [0.717, 1.165) is 0 Å². The molecule has 0 atom stereocenters. The van der Waals surface area contributed by atoms with Gasteiger partial charge in [-0.25, -0.2) is 0 Å². The molecule has 29 valence electrons. The molecule has 0 aromatic heterocycles. The fourth-order valence-corrected chi connectivity index (χ4v) is 0. The molecular formula is CH2AuO2. The summed E-state index contributed by atoms with van der Waals surface area (Å²) in [7, 11) is 0. The summed E-state index contributed by atoms with van der Waals surface area (Å²) in [5.74, 6) is 0. The van der Waals surface area contributed by atoms with Crippen molar-refractivity contribution in [1.82, 2.24) is 0 Å². The van der Waals surface area contributed by atoms with Crippen molar-refractivity contribution in [1.29, 1.82) is 0 Å². The van der Waals surface area contributed by atoms with Crippen molar-refractivity contribution in [3.8, 4) is 0 Å². The summed E-state index contributed by atoms with van der Waals surface area (Å²) in [6.45, 7) is -0.250. The third-order valence-corrected chi connectivity index (χ3v) is 0. The summed E-state index contributed by atoms with van der Waals surface area (Å²) in [5.41, 5.74) is 0. The molecule has 0 aromatic carbocycles. The molecule has 1 N–H and O–H groups in total. The molecule has 0 aliphatic heterocycles. The third kappa shape index (κ3) is 73.2. The van der Waals surface area contributed by atoms with Gasteiger partial charge in [-0.3, -0.25) is 4.79 Å². The van der Waals surface area contributed by atoms with E-state index in [1.54, 1.807) is 0 Å². The van der Waals surface area contributed by atoms with E-state index in [-0.39, 0.29) is 28.9 Å². The molecule has 0 fully saturated rings. The minimum Gasteiger partial charge on any atom is -0.483 e. The van der Waals surface area contributed by atoms with E-state index >= 15 is 0 Å². The van der Waals surface area contributed by atoms with Gasteiger partial charge in [-0.05, 0) is 0 Å². The molecule has 0 aliphatic carbocycles. The van der Waals surface area contributed by atoms with Gasteiger partial charge in [-0.2, -0.15) is 0 Å². The quantitative estimate of drug-likeness (QED) is 0.468. The average molecular weight is 243 g/mol. The maximum atomic E-state index is 8.36. The average Bonchev–Trinajstić information content (AvgIpc) is 0.918. The summed E-state index contributed by atoms with van der Waals surface area (Å²) in [6.07, 6.45) is 0. The molecule has 4 heavy (non-hydrogen) atoms. The van der Waals surface area contributed by atoms with E-state index in [4.69, 9.17) is 9.90 Å². The number of hydrogen-bond acceptors (Lipinski definition) is 1. The zero-order chi connectivity index (χ0) is 2.71. The van der Waals surface area contributed by atoms with Gasteiger partial charge in [0.05, 0.1) is 0 Å². The molecule has 0 heterocycles. The Morgan fingerprint density at radius 1 is 1.75 bits per heavy atom. The van der Waals surface area contributed by atoms with Crippen LogP contribution in [0.4, 0.5) is 0 Å². The Morgan fingerprint density at radius 3 is 1.75 bits per heavy atom. The van der Waals surface area contributed by atoms with Gasteiger partial charge in [0, 0.05) is 22.4 Å². The van der Waals surface area contributed by atoms with E-state index in [9.17, 15) is 0 Å². The van der Waals surface area contributed by atoms with E-state index in [2.05, 4.69) is 0 Å². The van der Waals surface area contributed by atoms with E-state index in [0.29, 0.717) is 0 Å². The van der Waals surface area contributed by atoms with Gasteiger partial charge in [-0.15, -0.1) is 0 Å². The minimum atomic E-state index is -0.250. The molecule has 0 aliphatic rings. The first-order valence-corrected chi connectivity index (χ1v) is 0.494. The molecule has 0 spiro atoms. The molecular weight excluding hydrogens is 241 g/mol.